The van der Waals surface area contributed by atoms with Crippen molar-refractivity contribution in [1.29, 1.82) is 0 Å². The minimum atomic E-state index is -2.07. The average molecular weight is 504 g/mol. The Morgan fingerprint density at radius 3 is 1.83 bits per heavy atom. The van der Waals surface area contributed by atoms with Crippen molar-refractivity contribution in [2.24, 2.45) is 0 Å². The second-order valence-electron chi connectivity index (χ2n) is 9.05. The molecule has 0 spiro atoms. The molecule has 0 aromatic heterocycles. The van der Waals surface area contributed by atoms with Gasteiger partial charge in [0.1, 0.15) is 24.9 Å². The predicted octanol–water partition coefficient (Wildman–Crippen LogP) is 2.12. The summed E-state index contributed by atoms with van der Waals surface area (Å²) in [7, 11) is 0. The van der Waals surface area contributed by atoms with Gasteiger partial charge < -0.3 is 35.6 Å². The molecule has 0 rings (SSSR count). The average Bonchev–Trinajstić information content (AvgIpc) is 2.87. The zero-order chi connectivity index (χ0) is 26.3. The maximum absolute atomic E-state index is 11.7. The lowest BCUT2D eigenvalue weighted by Crippen LogP contribution is -2.52. The van der Waals surface area contributed by atoms with Crippen LogP contribution < -0.4 is 5.32 Å². The maximum Gasteiger partial charge on any atom is 0.325 e. The SMILES string of the molecule is CCCCCCCC/C=C\CCCCCCCCOC(=O)CNC(=O)[C@H](O)[C@@H](O)[C@H](O)[C@H](O)CO. The van der Waals surface area contributed by atoms with E-state index in [-0.39, 0.29) is 6.61 Å². The van der Waals surface area contributed by atoms with Crippen molar-refractivity contribution in [3.8, 4) is 0 Å². The molecule has 0 aliphatic rings. The van der Waals surface area contributed by atoms with E-state index < -0.39 is 49.4 Å². The first-order chi connectivity index (χ1) is 16.8. The largest absolute Gasteiger partial charge is 0.464 e. The van der Waals surface area contributed by atoms with Gasteiger partial charge in [-0.2, -0.15) is 0 Å². The first kappa shape index (κ1) is 33.5. The third-order valence-electron chi connectivity index (χ3n) is 5.85. The van der Waals surface area contributed by atoms with Gasteiger partial charge in [0.15, 0.2) is 6.10 Å². The van der Waals surface area contributed by atoms with Gasteiger partial charge in [-0.25, -0.2) is 0 Å². The number of unbranched alkanes of at least 4 members (excludes halogenated alkanes) is 12. The van der Waals surface area contributed by atoms with Gasteiger partial charge in [0.2, 0.25) is 0 Å². The number of carbonyl (C=O) groups excluding carboxylic acids is 2. The van der Waals surface area contributed by atoms with Crippen molar-refractivity contribution in [3.05, 3.63) is 12.2 Å². The fraction of sp³-hybridized carbons (Fsp3) is 0.846. The summed E-state index contributed by atoms with van der Waals surface area (Å²) in [6.07, 6.45) is 13.5. The lowest BCUT2D eigenvalue weighted by molar-refractivity contribution is -0.152. The van der Waals surface area contributed by atoms with Crippen molar-refractivity contribution in [3.63, 3.8) is 0 Å². The second kappa shape index (κ2) is 22.9. The predicted molar refractivity (Wildman–Crippen MR) is 135 cm³/mol. The lowest BCUT2D eigenvalue weighted by Gasteiger charge is -2.24. The van der Waals surface area contributed by atoms with E-state index in [1.54, 1.807) is 0 Å². The van der Waals surface area contributed by atoms with Gasteiger partial charge in [-0.15, -0.1) is 0 Å². The van der Waals surface area contributed by atoms with Crippen LogP contribution in [0.1, 0.15) is 96.8 Å². The highest BCUT2D eigenvalue weighted by Crippen LogP contribution is 2.10. The standard InChI is InChI=1S/C26H49NO8/c1-2-3-4-5-6-7-8-9-10-11-12-13-14-15-16-17-18-35-22(30)19-27-26(34)25(33)24(32)23(31)21(29)20-28/h9-10,21,23-25,28-29,31-33H,2-8,11-20H2,1H3,(H,27,34)/b10-9-/t21-,23-,24+,25-/m1/s1. The monoisotopic (exact) mass is 503 g/mol. The Morgan fingerprint density at radius 2 is 1.29 bits per heavy atom. The molecule has 4 atom stereocenters. The summed E-state index contributed by atoms with van der Waals surface area (Å²) in [6, 6.07) is 0. The molecule has 0 fully saturated rings. The quantitative estimate of drug-likeness (QED) is 0.0703. The molecule has 0 aromatic rings. The van der Waals surface area contributed by atoms with Crippen molar-refractivity contribution in [1.82, 2.24) is 5.32 Å². The molecule has 0 bridgehead atoms. The summed E-state index contributed by atoms with van der Waals surface area (Å²) >= 11 is 0. The molecule has 0 saturated carbocycles. The molecule has 0 radical (unpaired) electrons. The normalized spacial score (nSPS) is 15.0. The summed E-state index contributed by atoms with van der Waals surface area (Å²) in [6.45, 7) is 1.13. The Morgan fingerprint density at radius 1 is 0.771 bits per heavy atom. The number of esters is 1. The van der Waals surface area contributed by atoms with Crippen LogP contribution in [0.4, 0.5) is 0 Å². The molecule has 0 unspecified atom stereocenters. The Hall–Kier alpha value is -1.52. The Balaban J connectivity index is 3.60. The van der Waals surface area contributed by atoms with Crippen LogP contribution in [-0.2, 0) is 14.3 Å². The molecule has 0 heterocycles. The molecular weight excluding hydrogens is 454 g/mol. The number of hydrogen-bond acceptors (Lipinski definition) is 8. The topological polar surface area (TPSA) is 157 Å². The van der Waals surface area contributed by atoms with E-state index >= 15 is 0 Å². The highest BCUT2D eigenvalue weighted by molar-refractivity contribution is 5.85. The highest BCUT2D eigenvalue weighted by Gasteiger charge is 2.34. The number of aliphatic hydroxyl groups excluding tert-OH is 5. The first-order valence-corrected chi connectivity index (χ1v) is 13.3. The minimum absolute atomic E-state index is 0.239. The van der Waals surface area contributed by atoms with E-state index in [1.807, 2.05) is 0 Å². The smallest absolute Gasteiger partial charge is 0.325 e. The Kier molecular flexibility index (Phi) is 21.9. The molecule has 0 saturated heterocycles. The van der Waals surface area contributed by atoms with Crippen LogP contribution in [0.2, 0.25) is 0 Å². The summed E-state index contributed by atoms with van der Waals surface area (Å²) < 4.78 is 5.03. The molecule has 35 heavy (non-hydrogen) atoms. The number of rotatable bonds is 23. The molecule has 1 amide bonds. The van der Waals surface area contributed by atoms with Crippen LogP contribution in [0.25, 0.3) is 0 Å². The second-order valence-corrected chi connectivity index (χ2v) is 9.05. The van der Waals surface area contributed by atoms with Gasteiger partial charge in [0, 0.05) is 0 Å². The van der Waals surface area contributed by atoms with Crippen LogP contribution in [0.3, 0.4) is 0 Å². The van der Waals surface area contributed by atoms with Gasteiger partial charge in [0.25, 0.3) is 5.91 Å². The molecule has 0 aromatic carbocycles. The van der Waals surface area contributed by atoms with Crippen LogP contribution in [0.5, 0.6) is 0 Å². The molecule has 6 N–H and O–H groups in total. The third-order valence-corrected chi connectivity index (χ3v) is 5.85. The van der Waals surface area contributed by atoms with E-state index in [1.165, 1.54) is 57.8 Å². The van der Waals surface area contributed by atoms with Gasteiger partial charge in [-0.1, -0.05) is 76.9 Å². The first-order valence-electron chi connectivity index (χ1n) is 13.3. The fourth-order valence-corrected chi connectivity index (χ4v) is 3.53. The number of allylic oxidation sites excluding steroid dienone is 2. The number of ether oxygens (including phenoxy) is 1. The van der Waals surface area contributed by atoms with Crippen molar-refractivity contribution in [2.45, 2.75) is 121 Å². The molecule has 9 heteroatoms. The number of hydrogen-bond donors (Lipinski definition) is 6. The van der Waals surface area contributed by atoms with E-state index in [9.17, 15) is 30.0 Å². The number of nitrogens with one attached hydrogen (secondary N) is 1. The van der Waals surface area contributed by atoms with Crippen LogP contribution >= 0.6 is 0 Å². The third kappa shape index (κ3) is 18.4. The van der Waals surface area contributed by atoms with E-state index in [4.69, 9.17) is 9.84 Å². The Bertz CT molecular complexity index is 557. The Labute approximate surface area is 210 Å². The molecule has 9 nitrogen and oxygen atoms in total. The van der Waals surface area contributed by atoms with Crippen LogP contribution in [0, 0.1) is 0 Å². The highest BCUT2D eigenvalue weighted by atomic mass is 16.5. The minimum Gasteiger partial charge on any atom is -0.464 e. The number of aliphatic hydroxyl groups is 5. The fourth-order valence-electron chi connectivity index (χ4n) is 3.53. The summed E-state index contributed by atoms with van der Waals surface area (Å²) in [5.74, 6) is -1.78. The van der Waals surface area contributed by atoms with Gasteiger partial charge in [-0.05, 0) is 32.1 Å². The lowest BCUT2D eigenvalue weighted by atomic mass is 10.0. The van der Waals surface area contributed by atoms with E-state index in [0.29, 0.717) is 0 Å². The molecule has 0 aliphatic carbocycles. The number of carbonyl (C=O) groups is 2. The van der Waals surface area contributed by atoms with Crippen molar-refractivity contribution in [2.75, 3.05) is 19.8 Å². The zero-order valence-electron chi connectivity index (χ0n) is 21.4. The maximum atomic E-state index is 11.7. The van der Waals surface area contributed by atoms with Gasteiger partial charge in [0.05, 0.1) is 13.2 Å². The summed E-state index contributed by atoms with van der Waals surface area (Å²) in [5, 5.41) is 48.9. The van der Waals surface area contributed by atoms with Gasteiger partial charge >= 0.3 is 5.97 Å². The van der Waals surface area contributed by atoms with E-state index in [0.717, 1.165) is 32.1 Å². The molecule has 206 valence electrons. The van der Waals surface area contributed by atoms with Crippen LogP contribution in [-0.4, -0.2) is 81.6 Å². The number of amides is 1. The van der Waals surface area contributed by atoms with Crippen molar-refractivity contribution >= 4 is 11.9 Å². The van der Waals surface area contributed by atoms with Crippen LogP contribution in [0.15, 0.2) is 12.2 Å². The van der Waals surface area contributed by atoms with Gasteiger partial charge in [-0.3, -0.25) is 9.59 Å². The summed E-state index contributed by atoms with van der Waals surface area (Å²) in [5.41, 5.74) is 0. The van der Waals surface area contributed by atoms with Crippen molar-refractivity contribution < 1.29 is 39.9 Å². The van der Waals surface area contributed by atoms with E-state index in [2.05, 4.69) is 24.4 Å². The molecule has 0 aliphatic heterocycles. The zero-order valence-corrected chi connectivity index (χ0v) is 21.4. The molecular formula is C26H49NO8. The summed E-state index contributed by atoms with van der Waals surface area (Å²) in [4.78, 5) is 23.4.